The van der Waals surface area contributed by atoms with Gasteiger partial charge in [0.2, 0.25) is 5.91 Å². The Hall–Kier alpha value is -3.88. The molecule has 3 N–H and O–H groups in total. The van der Waals surface area contributed by atoms with Gasteiger partial charge in [-0.1, -0.05) is 42.5 Å². The van der Waals surface area contributed by atoms with E-state index in [0.717, 1.165) is 12.5 Å². The Morgan fingerprint density at radius 2 is 1.52 bits per heavy atom. The first kappa shape index (κ1) is 23.4. The molecule has 0 radical (unpaired) electrons. The number of carbonyl (C=O) groups excluding carboxylic acids is 3. The van der Waals surface area contributed by atoms with Crippen molar-refractivity contribution in [2.45, 2.75) is 38.8 Å². The van der Waals surface area contributed by atoms with Crippen LogP contribution in [-0.2, 0) is 36.9 Å². The Balaban J connectivity index is 2.22. The summed E-state index contributed by atoms with van der Waals surface area (Å²) >= 11 is 0. The van der Waals surface area contributed by atoms with E-state index in [2.05, 4.69) is 5.32 Å². The average molecular weight is 428 g/mol. The molecule has 2 aromatic rings. The molecule has 2 amide bonds. The van der Waals surface area contributed by atoms with E-state index in [1.165, 1.54) is 31.2 Å². The van der Waals surface area contributed by atoms with Crippen LogP contribution in [0, 0.1) is 0 Å². The molecular formula is C22H24N2O7. The van der Waals surface area contributed by atoms with Crippen molar-refractivity contribution < 1.29 is 34.2 Å². The van der Waals surface area contributed by atoms with Crippen molar-refractivity contribution in [3.63, 3.8) is 0 Å². The van der Waals surface area contributed by atoms with Crippen molar-refractivity contribution in [3.05, 3.63) is 65.7 Å². The van der Waals surface area contributed by atoms with Gasteiger partial charge in [0.15, 0.2) is 6.04 Å². The minimum absolute atomic E-state index is 0.00420. The normalized spacial score (nSPS) is 12.3. The third-order valence-corrected chi connectivity index (χ3v) is 4.38. The highest BCUT2D eigenvalue weighted by atomic mass is 16.7. The van der Waals surface area contributed by atoms with E-state index in [4.69, 9.17) is 4.84 Å². The van der Waals surface area contributed by atoms with Gasteiger partial charge in [0, 0.05) is 26.7 Å². The summed E-state index contributed by atoms with van der Waals surface area (Å²) in [6.45, 7) is 2.31. The zero-order chi connectivity index (χ0) is 23.0. The minimum atomic E-state index is -1.50. The number of phenols is 1. The van der Waals surface area contributed by atoms with E-state index >= 15 is 0 Å². The predicted molar refractivity (Wildman–Crippen MR) is 110 cm³/mol. The van der Waals surface area contributed by atoms with Gasteiger partial charge in [0.1, 0.15) is 11.8 Å². The lowest BCUT2D eigenvalue weighted by molar-refractivity contribution is -0.211. The second-order valence-electron chi connectivity index (χ2n) is 6.92. The fourth-order valence-corrected chi connectivity index (χ4v) is 2.92. The Kier molecular flexibility index (Phi) is 8.13. The highest BCUT2D eigenvalue weighted by Gasteiger charge is 2.34. The van der Waals surface area contributed by atoms with Crippen LogP contribution in [-0.4, -0.2) is 51.1 Å². The number of nitrogens with zero attached hydrogens (tertiary/aromatic N) is 1. The minimum Gasteiger partial charge on any atom is -0.508 e. The highest BCUT2D eigenvalue weighted by Crippen LogP contribution is 2.16. The van der Waals surface area contributed by atoms with E-state index < -0.39 is 35.8 Å². The number of hydrogen-bond donors (Lipinski definition) is 3. The van der Waals surface area contributed by atoms with Crippen molar-refractivity contribution in [2.24, 2.45) is 0 Å². The van der Waals surface area contributed by atoms with Crippen LogP contribution < -0.4 is 5.32 Å². The number of nitrogens with one attached hydrogen (secondary N) is 1. The van der Waals surface area contributed by atoms with Gasteiger partial charge in [-0.15, -0.1) is 0 Å². The lowest BCUT2D eigenvalue weighted by atomic mass is 10.1. The van der Waals surface area contributed by atoms with E-state index in [9.17, 15) is 29.4 Å². The van der Waals surface area contributed by atoms with Gasteiger partial charge in [-0.05, 0) is 23.3 Å². The van der Waals surface area contributed by atoms with Crippen molar-refractivity contribution in [3.8, 4) is 5.75 Å². The van der Waals surface area contributed by atoms with Crippen molar-refractivity contribution in [2.75, 3.05) is 0 Å². The van der Waals surface area contributed by atoms with E-state index in [0.29, 0.717) is 10.6 Å². The van der Waals surface area contributed by atoms with Crippen LogP contribution in [0.2, 0.25) is 0 Å². The summed E-state index contributed by atoms with van der Waals surface area (Å²) in [7, 11) is 0. The maximum absolute atomic E-state index is 12.8. The van der Waals surface area contributed by atoms with Crippen LogP contribution in [0.1, 0.15) is 25.0 Å². The fourth-order valence-electron chi connectivity index (χ4n) is 2.92. The number of aliphatic carboxylic acids is 1. The Bertz CT molecular complexity index is 929. The van der Waals surface area contributed by atoms with Crippen LogP contribution >= 0.6 is 0 Å². The van der Waals surface area contributed by atoms with Gasteiger partial charge in [0.25, 0.3) is 5.91 Å². The summed E-state index contributed by atoms with van der Waals surface area (Å²) in [4.78, 5) is 53.5. The number of rotatable bonds is 8. The molecule has 0 fully saturated rings. The molecule has 164 valence electrons. The van der Waals surface area contributed by atoms with Gasteiger partial charge < -0.3 is 20.4 Å². The SMILES string of the molecule is CC(=O)N[C@@H](Cc1ccccc1)C(=O)ON(C(C)=O)[C@@H](Cc1ccc(O)cc1)C(=O)O. The van der Waals surface area contributed by atoms with Crippen LogP contribution in [0.25, 0.3) is 0 Å². The number of carboxylic acids is 1. The first-order valence-electron chi connectivity index (χ1n) is 9.50. The number of carboxylic acid groups (broad SMARTS) is 1. The summed E-state index contributed by atoms with van der Waals surface area (Å²) < 4.78 is 0. The first-order chi connectivity index (χ1) is 14.7. The van der Waals surface area contributed by atoms with Gasteiger partial charge in [0.05, 0.1) is 0 Å². The maximum atomic E-state index is 12.8. The van der Waals surface area contributed by atoms with E-state index in [-0.39, 0.29) is 18.6 Å². The summed E-state index contributed by atoms with van der Waals surface area (Å²) in [5, 5.41) is 22.0. The molecule has 2 aromatic carbocycles. The molecule has 0 unspecified atom stereocenters. The second kappa shape index (κ2) is 10.8. The lowest BCUT2D eigenvalue weighted by Gasteiger charge is -2.28. The molecule has 0 saturated carbocycles. The number of aromatic hydroxyl groups is 1. The van der Waals surface area contributed by atoms with Crippen LogP contribution in [0.5, 0.6) is 5.75 Å². The molecule has 0 heterocycles. The maximum Gasteiger partial charge on any atom is 0.354 e. The highest BCUT2D eigenvalue weighted by molar-refractivity contribution is 5.86. The molecule has 0 bridgehead atoms. The summed E-state index contributed by atoms with van der Waals surface area (Å²) in [6, 6.07) is 12.0. The number of amides is 2. The third kappa shape index (κ3) is 7.14. The van der Waals surface area contributed by atoms with Crippen molar-refractivity contribution >= 4 is 23.8 Å². The molecule has 0 aromatic heterocycles. The van der Waals surface area contributed by atoms with E-state index in [1.807, 2.05) is 0 Å². The molecule has 0 saturated heterocycles. The summed E-state index contributed by atoms with van der Waals surface area (Å²) in [5.41, 5.74) is 1.25. The topological polar surface area (TPSA) is 133 Å². The lowest BCUT2D eigenvalue weighted by Crippen LogP contribution is -2.51. The fraction of sp³-hybridized carbons (Fsp3) is 0.273. The summed E-state index contributed by atoms with van der Waals surface area (Å²) in [6.07, 6.45) is -0.0628. The van der Waals surface area contributed by atoms with Gasteiger partial charge in [-0.2, -0.15) is 5.06 Å². The number of hydrogen-bond acceptors (Lipinski definition) is 6. The number of phenolic OH excluding ortho intramolecular Hbond substituents is 1. The zero-order valence-corrected chi connectivity index (χ0v) is 17.1. The molecule has 9 heteroatoms. The van der Waals surface area contributed by atoms with Crippen LogP contribution in [0.4, 0.5) is 0 Å². The molecule has 2 atom stereocenters. The standard InChI is InChI=1S/C22H24N2O7/c1-14(25)23-19(12-16-6-4-3-5-7-16)22(30)31-24(15(2)26)20(21(28)29)13-17-8-10-18(27)11-9-17/h3-11,19-20,27H,12-13H2,1-2H3,(H,23,25)(H,28,29)/t19-,20-/m0/s1. The van der Waals surface area contributed by atoms with Crippen molar-refractivity contribution in [1.29, 1.82) is 0 Å². The molecular weight excluding hydrogens is 404 g/mol. The van der Waals surface area contributed by atoms with Crippen molar-refractivity contribution in [1.82, 2.24) is 10.4 Å². The smallest absolute Gasteiger partial charge is 0.354 e. The number of benzene rings is 2. The van der Waals surface area contributed by atoms with E-state index in [1.54, 1.807) is 30.3 Å². The zero-order valence-electron chi connectivity index (χ0n) is 17.1. The molecule has 31 heavy (non-hydrogen) atoms. The van der Waals surface area contributed by atoms with Crippen LogP contribution in [0.3, 0.4) is 0 Å². The molecule has 0 aliphatic carbocycles. The Labute approximate surface area is 179 Å². The average Bonchev–Trinajstić information content (AvgIpc) is 2.71. The van der Waals surface area contributed by atoms with Gasteiger partial charge >= 0.3 is 11.9 Å². The van der Waals surface area contributed by atoms with Crippen LogP contribution in [0.15, 0.2) is 54.6 Å². The predicted octanol–water partition coefficient (Wildman–Crippen LogP) is 1.44. The molecule has 9 nitrogen and oxygen atoms in total. The second-order valence-corrected chi connectivity index (χ2v) is 6.92. The number of carbonyl (C=O) groups is 4. The Morgan fingerprint density at radius 1 is 0.935 bits per heavy atom. The monoisotopic (exact) mass is 428 g/mol. The van der Waals surface area contributed by atoms with Gasteiger partial charge in [-0.3, -0.25) is 9.59 Å². The molecule has 0 spiro atoms. The molecule has 0 aliphatic heterocycles. The first-order valence-corrected chi connectivity index (χ1v) is 9.50. The number of hydroxylamine groups is 2. The third-order valence-electron chi connectivity index (χ3n) is 4.38. The Morgan fingerprint density at radius 3 is 2.03 bits per heavy atom. The largest absolute Gasteiger partial charge is 0.508 e. The molecule has 0 aliphatic rings. The quantitative estimate of drug-likeness (QED) is 0.542. The van der Waals surface area contributed by atoms with Gasteiger partial charge in [-0.25, -0.2) is 9.59 Å². The molecule has 2 rings (SSSR count). The summed E-state index contributed by atoms with van der Waals surface area (Å²) in [5.74, 6) is -3.61.